The molecule has 0 saturated heterocycles. The van der Waals surface area contributed by atoms with Crippen LogP contribution in [-0.4, -0.2) is 19.9 Å². The highest BCUT2D eigenvalue weighted by atomic mass is 79.9. The first kappa shape index (κ1) is 11.1. The number of benzene rings is 1. The lowest BCUT2D eigenvalue weighted by molar-refractivity contribution is 0.627. The summed E-state index contributed by atoms with van der Waals surface area (Å²) in [5.74, 6) is 0.258. The number of hydrogen-bond acceptors (Lipinski definition) is 4. The second-order valence-corrected chi connectivity index (χ2v) is 4.43. The molecule has 3 rings (SSSR count). The Hall–Kier alpha value is -2.02. The number of halogens is 2. The average Bonchev–Trinajstić information content (AvgIpc) is 2.82. The molecule has 0 fully saturated rings. The van der Waals surface area contributed by atoms with Gasteiger partial charge in [-0.1, -0.05) is 0 Å². The van der Waals surface area contributed by atoms with E-state index >= 15 is 0 Å². The molecule has 0 bridgehead atoms. The topological polar surface area (TPSA) is 66.5 Å². The van der Waals surface area contributed by atoms with Gasteiger partial charge in [0.2, 0.25) is 0 Å². The summed E-state index contributed by atoms with van der Waals surface area (Å²) in [6, 6.07) is 4.38. The summed E-state index contributed by atoms with van der Waals surface area (Å²) in [4.78, 5) is 15.2. The van der Waals surface area contributed by atoms with Crippen molar-refractivity contribution in [2.45, 2.75) is 0 Å². The second-order valence-electron chi connectivity index (χ2n) is 3.57. The zero-order chi connectivity index (χ0) is 12.5. The highest BCUT2D eigenvalue weighted by Crippen LogP contribution is 2.27. The molecule has 0 aliphatic rings. The second kappa shape index (κ2) is 4.34. The Morgan fingerprint density at radius 3 is 2.94 bits per heavy atom. The van der Waals surface area contributed by atoms with Gasteiger partial charge in [0.1, 0.15) is 12.1 Å². The van der Waals surface area contributed by atoms with Crippen LogP contribution < -0.4 is 5.32 Å². The van der Waals surface area contributed by atoms with E-state index in [4.69, 9.17) is 0 Å². The highest BCUT2D eigenvalue weighted by molar-refractivity contribution is 9.10. The molecule has 0 saturated carbocycles. The van der Waals surface area contributed by atoms with Gasteiger partial charge in [-0.05, 0) is 34.1 Å². The number of nitrogens with zero attached hydrogens (tertiary/aromatic N) is 3. The van der Waals surface area contributed by atoms with Gasteiger partial charge in [0, 0.05) is 4.47 Å². The van der Waals surface area contributed by atoms with Crippen molar-refractivity contribution in [3.05, 3.63) is 41.1 Å². The summed E-state index contributed by atoms with van der Waals surface area (Å²) in [7, 11) is 0. The maximum Gasteiger partial charge on any atom is 0.162 e. The summed E-state index contributed by atoms with van der Waals surface area (Å²) < 4.78 is 13.6. The summed E-state index contributed by atoms with van der Waals surface area (Å²) in [5, 5.41) is 3.08. The average molecular weight is 308 g/mol. The number of rotatable bonds is 2. The van der Waals surface area contributed by atoms with Crippen molar-refractivity contribution in [2.24, 2.45) is 0 Å². The van der Waals surface area contributed by atoms with Crippen LogP contribution in [-0.2, 0) is 0 Å². The van der Waals surface area contributed by atoms with Crippen LogP contribution in [0.4, 0.5) is 15.9 Å². The molecule has 0 aliphatic carbocycles. The van der Waals surface area contributed by atoms with Gasteiger partial charge in [0.25, 0.3) is 0 Å². The maximum absolute atomic E-state index is 13.0. The van der Waals surface area contributed by atoms with E-state index in [2.05, 4.69) is 41.2 Å². The van der Waals surface area contributed by atoms with Gasteiger partial charge in [-0.25, -0.2) is 19.3 Å². The Balaban J connectivity index is 2.03. The zero-order valence-corrected chi connectivity index (χ0v) is 10.6. The smallest absolute Gasteiger partial charge is 0.162 e. The number of aromatic nitrogens is 4. The molecular formula is C11H7BrFN5. The van der Waals surface area contributed by atoms with Crippen molar-refractivity contribution in [1.29, 1.82) is 0 Å². The normalized spacial score (nSPS) is 10.8. The molecule has 0 atom stereocenters. The van der Waals surface area contributed by atoms with Crippen LogP contribution in [0.25, 0.3) is 11.2 Å². The maximum atomic E-state index is 13.0. The number of fused-ring (bicyclic) bond motifs is 1. The Kier molecular flexibility index (Phi) is 2.67. The van der Waals surface area contributed by atoms with E-state index in [-0.39, 0.29) is 5.82 Å². The molecule has 7 heteroatoms. The van der Waals surface area contributed by atoms with Crippen molar-refractivity contribution in [2.75, 3.05) is 5.32 Å². The van der Waals surface area contributed by atoms with E-state index in [1.807, 2.05) is 0 Å². The van der Waals surface area contributed by atoms with Gasteiger partial charge in [0.05, 0.1) is 12.0 Å². The van der Waals surface area contributed by atoms with Crippen LogP contribution in [0.2, 0.25) is 0 Å². The lowest BCUT2D eigenvalue weighted by Gasteiger charge is -2.07. The van der Waals surface area contributed by atoms with E-state index in [0.717, 1.165) is 0 Å². The predicted octanol–water partition coefficient (Wildman–Crippen LogP) is 3.00. The minimum atomic E-state index is -0.306. The summed E-state index contributed by atoms with van der Waals surface area (Å²) >= 11 is 3.29. The van der Waals surface area contributed by atoms with Gasteiger partial charge >= 0.3 is 0 Å². The summed E-state index contributed by atoms with van der Waals surface area (Å²) in [6.45, 7) is 0. The lowest BCUT2D eigenvalue weighted by atomic mass is 10.3. The van der Waals surface area contributed by atoms with Crippen molar-refractivity contribution < 1.29 is 4.39 Å². The van der Waals surface area contributed by atoms with Crippen molar-refractivity contribution >= 4 is 38.6 Å². The van der Waals surface area contributed by atoms with Crippen LogP contribution >= 0.6 is 15.9 Å². The molecule has 90 valence electrons. The Labute approximate surface area is 110 Å². The summed E-state index contributed by atoms with van der Waals surface area (Å²) in [5.41, 5.74) is 1.99. The van der Waals surface area contributed by atoms with E-state index in [0.29, 0.717) is 27.1 Å². The van der Waals surface area contributed by atoms with Gasteiger partial charge in [0.15, 0.2) is 17.0 Å². The third-order valence-electron chi connectivity index (χ3n) is 2.40. The number of imidazole rings is 1. The third-order valence-corrected chi connectivity index (χ3v) is 3.06. The fourth-order valence-corrected chi connectivity index (χ4v) is 2.02. The SMILES string of the molecule is Fc1ccc(Nc2ncnc3[nH]cnc23)c(Br)c1. The number of H-pyrrole nitrogens is 1. The van der Waals surface area contributed by atoms with E-state index < -0.39 is 0 Å². The molecule has 0 aliphatic heterocycles. The molecule has 5 nitrogen and oxygen atoms in total. The third kappa shape index (κ3) is 1.92. The Morgan fingerprint density at radius 1 is 1.22 bits per heavy atom. The molecule has 3 aromatic rings. The van der Waals surface area contributed by atoms with Crippen molar-refractivity contribution in [3.8, 4) is 0 Å². The fraction of sp³-hybridized carbons (Fsp3) is 0. The quantitative estimate of drug-likeness (QED) is 0.764. The molecule has 0 unspecified atom stereocenters. The molecule has 0 spiro atoms. The number of anilines is 2. The molecule has 2 N–H and O–H groups in total. The van der Waals surface area contributed by atoms with Crippen molar-refractivity contribution in [1.82, 2.24) is 19.9 Å². The van der Waals surface area contributed by atoms with Gasteiger partial charge in [-0.15, -0.1) is 0 Å². The first-order chi connectivity index (χ1) is 8.74. The molecule has 0 radical (unpaired) electrons. The molecule has 2 aromatic heterocycles. The van der Waals surface area contributed by atoms with Crippen LogP contribution in [0.1, 0.15) is 0 Å². The van der Waals surface area contributed by atoms with Gasteiger partial charge in [-0.2, -0.15) is 0 Å². The zero-order valence-electron chi connectivity index (χ0n) is 8.98. The molecule has 18 heavy (non-hydrogen) atoms. The standard InChI is InChI=1S/C11H7BrFN5/c12-7-3-6(13)1-2-8(7)18-11-9-10(15-4-14-9)16-5-17-11/h1-5H,(H2,14,15,16,17,18). The summed E-state index contributed by atoms with van der Waals surface area (Å²) in [6.07, 6.45) is 2.98. The molecule has 2 heterocycles. The van der Waals surface area contributed by atoms with E-state index in [9.17, 15) is 4.39 Å². The number of nitrogens with one attached hydrogen (secondary N) is 2. The molecule has 0 amide bonds. The monoisotopic (exact) mass is 307 g/mol. The van der Waals surface area contributed by atoms with Gasteiger partial charge < -0.3 is 10.3 Å². The van der Waals surface area contributed by atoms with Gasteiger partial charge in [-0.3, -0.25) is 0 Å². The van der Waals surface area contributed by atoms with Crippen LogP contribution in [0.5, 0.6) is 0 Å². The van der Waals surface area contributed by atoms with Crippen LogP contribution in [0.3, 0.4) is 0 Å². The minimum Gasteiger partial charge on any atom is -0.337 e. The van der Waals surface area contributed by atoms with E-state index in [1.54, 1.807) is 12.4 Å². The van der Waals surface area contributed by atoms with Crippen LogP contribution in [0.15, 0.2) is 35.3 Å². The lowest BCUT2D eigenvalue weighted by Crippen LogP contribution is -1.96. The molecular weight excluding hydrogens is 301 g/mol. The first-order valence-corrected chi connectivity index (χ1v) is 5.89. The Bertz CT molecular complexity index is 711. The van der Waals surface area contributed by atoms with E-state index in [1.165, 1.54) is 18.5 Å². The Morgan fingerprint density at radius 2 is 2.11 bits per heavy atom. The highest BCUT2D eigenvalue weighted by Gasteiger charge is 2.08. The predicted molar refractivity (Wildman–Crippen MR) is 69.1 cm³/mol. The number of aromatic amines is 1. The first-order valence-electron chi connectivity index (χ1n) is 5.10. The largest absolute Gasteiger partial charge is 0.337 e. The van der Waals surface area contributed by atoms with Crippen molar-refractivity contribution in [3.63, 3.8) is 0 Å². The fourth-order valence-electron chi connectivity index (χ4n) is 1.57. The number of hydrogen-bond donors (Lipinski definition) is 2. The minimum absolute atomic E-state index is 0.306. The molecule has 1 aromatic carbocycles. The van der Waals surface area contributed by atoms with Crippen LogP contribution in [0, 0.1) is 5.82 Å².